The number of carbonyl (C=O) groups is 1. The van der Waals surface area contributed by atoms with Gasteiger partial charge in [-0.3, -0.25) is 4.74 Å². The second-order valence-electron chi connectivity index (χ2n) is 5.88. The van der Waals surface area contributed by atoms with Gasteiger partial charge in [0.15, 0.2) is 0 Å². The lowest BCUT2D eigenvalue weighted by molar-refractivity contribution is -0.366. The van der Waals surface area contributed by atoms with Crippen molar-refractivity contribution in [1.82, 2.24) is 0 Å². The number of para-hydroxylation sites is 1. The minimum atomic E-state index is -6.00. The van der Waals surface area contributed by atoms with E-state index in [4.69, 9.17) is 9.84 Å². The summed E-state index contributed by atoms with van der Waals surface area (Å²) in [6.45, 7) is 0. The molecule has 1 atom stereocenters. The maximum absolute atomic E-state index is 13.5. The molecule has 0 aromatic heterocycles. The zero-order chi connectivity index (χ0) is 22.7. The van der Waals surface area contributed by atoms with Gasteiger partial charge in [0.25, 0.3) is 0 Å². The first-order valence-electron chi connectivity index (χ1n) is 7.98. The molecule has 4 nitrogen and oxygen atoms in total. The normalized spacial score (nSPS) is 13.7. The average molecular weight is 444 g/mol. The van der Waals surface area contributed by atoms with Crippen LogP contribution in [0.1, 0.15) is 21.5 Å². The first kappa shape index (κ1) is 23.4. The maximum atomic E-state index is 13.5. The van der Waals surface area contributed by atoms with Gasteiger partial charge in [0.05, 0.1) is 5.56 Å². The summed E-state index contributed by atoms with van der Waals surface area (Å²) in [4.78, 5) is 11.3. The van der Waals surface area contributed by atoms with Crippen molar-refractivity contribution in [1.29, 1.82) is 0 Å². The molecule has 0 saturated carbocycles. The third-order valence-corrected chi connectivity index (χ3v) is 3.72. The van der Waals surface area contributed by atoms with Crippen molar-refractivity contribution in [3.8, 4) is 5.75 Å². The van der Waals surface area contributed by atoms with Crippen molar-refractivity contribution >= 4 is 5.97 Å². The van der Waals surface area contributed by atoms with E-state index < -0.39 is 53.8 Å². The molecule has 1 N–H and O–H groups in total. The lowest BCUT2D eigenvalue weighted by Gasteiger charge is -2.23. The standard InChI is InChI=1S/C18H12F8O4/c19-16(20,17(21,22)23)11-7-6-10(13(9-11)15(27)28)8-14(30-18(24,25)26)29-12-4-2-1-3-5-12/h1-7,9,14H,8H2,(H,27,28). The van der Waals surface area contributed by atoms with E-state index in [1.807, 2.05) is 0 Å². The van der Waals surface area contributed by atoms with Crippen molar-refractivity contribution in [2.75, 3.05) is 0 Å². The summed E-state index contributed by atoms with van der Waals surface area (Å²) < 4.78 is 111. The van der Waals surface area contributed by atoms with Gasteiger partial charge in [0.1, 0.15) is 5.75 Å². The first-order valence-corrected chi connectivity index (χ1v) is 7.98. The molecule has 30 heavy (non-hydrogen) atoms. The number of carboxylic acids is 1. The van der Waals surface area contributed by atoms with Gasteiger partial charge < -0.3 is 9.84 Å². The molecule has 2 aromatic rings. The van der Waals surface area contributed by atoms with E-state index in [1.54, 1.807) is 0 Å². The number of halogens is 8. The largest absolute Gasteiger partial charge is 0.525 e. The van der Waals surface area contributed by atoms with Crippen LogP contribution in [-0.2, 0) is 17.1 Å². The first-order chi connectivity index (χ1) is 13.7. The van der Waals surface area contributed by atoms with E-state index in [0.29, 0.717) is 6.07 Å². The van der Waals surface area contributed by atoms with Gasteiger partial charge in [-0.15, -0.1) is 13.2 Å². The van der Waals surface area contributed by atoms with Crippen molar-refractivity contribution in [2.45, 2.75) is 31.2 Å². The highest BCUT2D eigenvalue weighted by Crippen LogP contribution is 2.44. The molecule has 0 heterocycles. The molecule has 0 saturated heterocycles. The van der Waals surface area contributed by atoms with E-state index in [2.05, 4.69) is 4.74 Å². The summed E-state index contributed by atoms with van der Waals surface area (Å²) >= 11 is 0. The Labute approximate surface area is 163 Å². The topological polar surface area (TPSA) is 55.8 Å². The lowest BCUT2D eigenvalue weighted by Crippen LogP contribution is -2.34. The van der Waals surface area contributed by atoms with E-state index >= 15 is 0 Å². The van der Waals surface area contributed by atoms with Crippen LogP contribution in [0.2, 0.25) is 0 Å². The number of alkyl halides is 8. The van der Waals surface area contributed by atoms with Crippen LogP contribution < -0.4 is 4.74 Å². The van der Waals surface area contributed by atoms with E-state index in [-0.39, 0.29) is 17.9 Å². The van der Waals surface area contributed by atoms with Crippen molar-refractivity contribution < 1.29 is 54.5 Å². The predicted octanol–water partition coefficient (Wildman–Crippen LogP) is 5.52. The summed E-state index contributed by atoms with van der Waals surface area (Å²) in [5.74, 6) is -7.36. The molecular weight excluding hydrogens is 432 g/mol. The van der Waals surface area contributed by atoms with Crippen LogP contribution in [0.15, 0.2) is 48.5 Å². The number of ether oxygens (including phenoxy) is 2. The SMILES string of the molecule is O=C(O)c1cc(C(F)(F)C(F)(F)F)ccc1CC(Oc1ccccc1)OC(F)(F)F. The van der Waals surface area contributed by atoms with Gasteiger partial charge in [-0.2, -0.15) is 22.0 Å². The Balaban J connectivity index is 2.40. The van der Waals surface area contributed by atoms with Crippen molar-refractivity contribution in [3.63, 3.8) is 0 Å². The molecule has 0 aliphatic carbocycles. The zero-order valence-corrected chi connectivity index (χ0v) is 14.6. The second-order valence-corrected chi connectivity index (χ2v) is 5.88. The van der Waals surface area contributed by atoms with E-state index in [1.165, 1.54) is 30.3 Å². The van der Waals surface area contributed by atoms with E-state index in [0.717, 1.165) is 0 Å². The van der Waals surface area contributed by atoms with Gasteiger partial charge in [-0.05, 0) is 23.8 Å². The minimum Gasteiger partial charge on any atom is -0.478 e. The number of rotatable bonds is 7. The summed E-state index contributed by atoms with van der Waals surface area (Å²) in [6, 6.07) is 7.83. The fourth-order valence-corrected chi connectivity index (χ4v) is 2.40. The number of benzene rings is 2. The molecule has 0 amide bonds. The summed E-state index contributed by atoms with van der Waals surface area (Å²) in [7, 11) is 0. The zero-order valence-electron chi connectivity index (χ0n) is 14.6. The Kier molecular flexibility index (Phi) is 6.60. The van der Waals surface area contributed by atoms with Crippen molar-refractivity contribution in [2.24, 2.45) is 0 Å². The predicted molar refractivity (Wildman–Crippen MR) is 85.1 cm³/mol. The lowest BCUT2D eigenvalue weighted by atomic mass is 9.98. The van der Waals surface area contributed by atoms with Gasteiger partial charge in [0, 0.05) is 12.0 Å². The second kappa shape index (κ2) is 8.46. The molecule has 0 bridgehead atoms. The highest BCUT2D eigenvalue weighted by atomic mass is 19.4. The van der Waals surface area contributed by atoms with Crippen LogP contribution in [0.25, 0.3) is 0 Å². The quantitative estimate of drug-likeness (QED) is 0.451. The molecule has 0 aliphatic rings. The average Bonchev–Trinajstić information content (AvgIpc) is 2.60. The Bertz CT molecular complexity index is 878. The Hall–Kier alpha value is -2.89. The third-order valence-electron chi connectivity index (χ3n) is 3.72. The Morgan fingerprint density at radius 3 is 2.03 bits per heavy atom. The van der Waals surface area contributed by atoms with Gasteiger partial charge in [-0.1, -0.05) is 30.3 Å². The van der Waals surface area contributed by atoms with Gasteiger partial charge in [0.2, 0.25) is 6.29 Å². The Morgan fingerprint density at radius 1 is 0.933 bits per heavy atom. The molecule has 0 radical (unpaired) electrons. The molecule has 1 unspecified atom stereocenters. The van der Waals surface area contributed by atoms with Crippen LogP contribution in [0.5, 0.6) is 5.75 Å². The molecule has 164 valence electrons. The van der Waals surface area contributed by atoms with Crippen LogP contribution in [0.4, 0.5) is 35.1 Å². The third kappa shape index (κ3) is 5.81. The minimum absolute atomic E-state index is 0.0539. The number of carboxylic acid groups (broad SMARTS) is 1. The van der Waals surface area contributed by atoms with Crippen LogP contribution in [0, 0.1) is 0 Å². The monoisotopic (exact) mass is 444 g/mol. The molecule has 0 aliphatic heterocycles. The maximum Gasteiger partial charge on any atom is 0.525 e. The van der Waals surface area contributed by atoms with Crippen LogP contribution in [-0.4, -0.2) is 29.9 Å². The number of hydrogen-bond donors (Lipinski definition) is 1. The van der Waals surface area contributed by atoms with Crippen molar-refractivity contribution in [3.05, 3.63) is 65.2 Å². The van der Waals surface area contributed by atoms with Crippen LogP contribution in [0.3, 0.4) is 0 Å². The fraction of sp³-hybridized carbons (Fsp3) is 0.278. The number of aromatic carboxylic acids is 1. The molecule has 0 spiro atoms. The molecular formula is C18H12F8O4. The van der Waals surface area contributed by atoms with Gasteiger partial charge in [-0.25, -0.2) is 4.79 Å². The van der Waals surface area contributed by atoms with Crippen LogP contribution >= 0.6 is 0 Å². The summed E-state index contributed by atoms with van der Waals surface area (Å²) in [5.41, 5.74) is -3.23. The molecule has 2 rings (SSSR count). The smallest absolute Gasteiger partial charge is 0.478 e. The molecule has 0 fully saturated rings. The molecule has 2 aromatic carbocycles. The van der Waals surface area contributed by atoms with Gasteiger partial charge >= 0.3 is 24.4 Å². The fourth-order valence-electron chi connectivity index (χ4n) is 2.40. The summed E-state index contributed by atoms with van der Waals surface area (Å²) in [5, 5.41) is 9.16. The number of hydrogen-bond acceptors (Lipinski definition) is 3. The Morgan fingerprint density at radius 2 is 1.53 bits per heavy atom. The summed E-state index contributed by atoms with van der Waals surface area (Å²) in [6.07, 6.45) is -14.2. The highest BCUT2D eigenvalue weighted by Gasteiger charge is 2.58. The molecule has 12 heteroatoms. The highest BCUT2D eigenvalue weighted by molar-refractivity contribution is 5.89. The van der Waals surface area contributed by atoms with E-state index in [9.17, 15) is 39.9 Å².